The molecule has 0 nitrogen and oxygen atoms in total. The summed E-state index contributed by atoms with van der Waals surface area (Å²) in [5.74, 6) is 0.596. The van der Waals surface area contributed by atoms with Crippen molar-refractivity contribution in [2.24, 2.45) is 0 Å². The predicted octanol–water partition coefficient (Wildman–Crippen LogP) is 5.50. The summed E-state index contributed by atoms with van der Waals surface area (Å²) in [6.07, 6.45) is 0. The maximum Gasteiger partial charge on any atom is 0.0441 e. The van der Waals surface area contributed by atoms with Crippen LogP contribution >= 0.6 is 22.9 Å². The average molecular weight is 251 g/mol. The molecule has 2 rings (SSSR count). The lowest BCUT2D eigenvalue weighted by Crippen LogP contribution is -1.81. The first kappa shape index (κ1) is 11.7. The number of hydrogen-bond donors (Lipinski definition) is 0. The molecule has 0 spiro atoms. The lowest BCUT2D eigenvalue weighted by atomic mass is 10.1. The third-order valence-electron chi connectivity index (χ3n) is 2.73. The van der Waals surface area contributed by atoms with Gasteiger partial charge in [-0.05, 0) is 42.2 Å². The highest BCUT2D eigenvalue weighted by Gasteiger charge is 2.09. The van der Waals surface area contributed by atoms with E-state index in [-0.39, 0.29) is 0 Å². The molecule has 1 aromatic heterocycles. The standard InChI is InChI=1S/C14H15ClS/c1-9(2)13-7-8-14(16-13)11-5-4-6-12(15)10(11)3/h4-9H,1-3H3. The van der Waals surface area contributed by atoms with E-state index in [1.807, 2.05) is 23.5 Å². The smallest absolute Gasteiger partial charge is 0.0441 e. The molecule has 16 heavy (non-hydrogen) atoms. The Bertz CT molecular complexity index is 497. The van der Waals surface area contributed by atoms with Crippen LogP contribution in [0.25, 0.3) is 10.4 Å². The van der Waals surface area contributed by atoms with Crippen molar-refractivity contribution >= 4 is 22.9 Å². The number of hydrogen-bond acceptors (Lipinski definition) is 1. The molecular weight excluding hydrogens is 236 g/mol. The topological polar surface area (TPSA) is 0 Å². The first-order valence-corrected chi connectivity index (χ1v) is 6.64. The monoisotopic (exact) mass is 250 g/mol. The molecule has 0 aliphatic heterocycles. The van der Waals surface area contributed by atoms with Gasteiger partial charge in [-0.25, -0.2) is 0 Å². The molecule has 1 aromatic carbocycles. The van der Waals surface area contributed by atoms with Gasteiger partial charge >= 0.3 is 0 Å². The molecule has 0 aliphatic rings. The molecule has 2 aromatic rings. The van der Waals surface area contributed by atoms with Crippen molar-refractivity contribution in [2.45, 2.75) is 26.7 Å². The summed E-state index contributed by atoms with van der Waals surface area (Å²) in [7, 11) is 0. The minimum absolute atomic E-state index is 0.596. The quantitative estimate of drug-likeness (QED) is 0.660. The maximum absolute atomic E-state index is 6.14. The van der Waals surface area contributed by atoms with Crippen molar-refractivity contribution in [3.05, 3.63) is 45.8 Å². The molecule has 0 radical (unpaired) electrons. The number of benzene rings is 1. The van der Waals surface area contributed by atoms with Crippen LogP contribution in [0.4, 0.5) is 0 Å². The molecule has 0 saturated heterocycles. The summed E-state index contributed by atoms with van der Waals surface area (Å²) in [4.78, 5) is 2.73. The summed E-state index contributed by atoms with van der Waals surface area (Å²) in [5.41, 5.74) is 2.42. The molecule has 0 amide bonds. The molecule has 0 N–H and O–H groups in total. The van der Waals surface area contributed by atoms with Gasteiger partial charge in [-0.15, -0.1) is 11.3 Å². The fourth-order valence-electron chi connectivity index (χ4n) is 1.68. The van der Waals surface area contributed by atoms with Crippen LogP contribution in [0, 0.1) is 6.92 Å². The molecule has 1 heterocycles. The first-order valence-electron chi connectivity index (χ1n) is 5.45. The predicted molar refractivity (Wildman–Crippen MR) is 73.6 cm³/mol. The SMILES string of the molecule is Cc1c(Cl)cccc1-c1ccc(C(C)C)s1. The largest absolute Gasteiger partial charge is 0.140 e. The van der Waals surface area contributed by atoms with Crippen molar-refractivity contribution in [3.8, 4) is 10.4 Å². The Kier molecular flexibility index (Phi) is 3.36. The Balaban J connectivity index is 2.47. The summed E-state index contributed by atoms with van der Waals surface area (Å²) in [5, 5.41) is 0.844. The van der Waals surface area contributed by atoms with Crippen LogP contribution in [0.2, 0.25) is 5.02 Å². The van der Waals surface area contributed by atoms with Gasteiger partial charge in [0, 0.05) is 14.8 Å². The maximum atomic E-state index is 6.14. The third kappa shape index (κ3) is 2.16. The van der Waals surface area contributed by atoms with Crippen molar-refractivity contribution in [3.63, 3.8) is 0 Å². The first-order chi connectivity index (χ1) is 7.59. The second-order valence-electron chi connectivity index (χ2n) is 4.27. The highest BCUT2D eigenvalue weighted by molar-refractivity contribution is 7.15. The van der Waals surface area contributed by atoms with Gasteiger partial charge < -0.3 is 0 Å². The lowest BCUT2D eigenvalue weighted by molar-refractivity contribution is 0.890. The van der Waals surface area contributed by atoms with E-state index in [1.165, 1.54) is 20.9 Å². The van der Waals surface area contributed by atoms with Crippen LogP contribution in [0.1, 0.15) is 30.2 Å². The fourth-order valence-corrected chi connectivity index (χ4v) is 2.95. The van der Waals surface area contributed by atoms with Gasteiger partial charge in [0.2, 0.25) is 0 Å². The minimum atomic E-state index is 0.596. The van der Waals surface area contributed by atoms with Gasteiger partial charge in [0.05, 0.1) is 0 Å². The summed E-state index contributed by atoms with van der Waals surface area (Å²) in [6, 6.07) is 10.5. The Morgan fingerprint density at radius 3 is 2.50 bits per heavy atom. The van der Waals surface area contributed by atoms with E-state index in [1.54, 1.807) is 0 Å². The summed E-state index contributed by atoms with van der Waals surface area (Å²) >= 11 is 8.00. The fraction of sp³-hybridized carbons (Fsp3) is 0.286. The normalized spacial score (nSPS) is 11.1. The Morgan fingerprint density at radius 1 is 1.12 bits per heavy atom. The van der Waals surface area contributed by atoms with Crippen LogP contribution in [0.15, 0.2) is 30.3 Å². The number of halogens is 1. The molecule has 0 saturated carbocycles. The van der Waals surface area contributed by atoms with Gasteiger partial charge in [0.25, 0.3) is 0 Å². The second-order valence-corrected chi connectivity index (χ2v) is 5.79. The lowest BCUT2D eigenvalue weighted by Gasteiger charge is -2.05. The van der Waals surface area contributed by atoms with Crippen LogP contribution < -0.4 is 0 Å². The van der Waals surface area contributed by atoms with Crippen LogP contribution in [0.5, 0.6) is 0 Å². The van der Waals surface area contributed by atoms with Crippen molar-refractivity contribution < 1.29 is 0 Å². The van der Waals surface area contributed by atoms with Crippen molar-refractivity contribution in [1.82, 2.24) is 0 Å². The van der Waals surface area contributed by atoms with Gasteiger partial charge in [0.1, 0.15) is 0 Å². The Hall–Kier alpha value is -0.790. The molecular formula is C14H15ClS. The minimum Gasteiger partial charge on any atom is -0.140 e. The third-order valence-corrected chi connectivity index (χ3v) is 4.56. The van der Waals surface area contributed by atoms with Crippen LogP contribution in [-0.4, -0.2) is 0 Å². The van der Waals surface area contributed by atoms with Gasteiger partial charge in [0.15, 0.2) is 0 Å². The van der Waals surface area contributed by atoms with E-state index in [0.29, 0.717) is 5.92 Å². The van der Waals surface area contributed by atoms with E-state index in [2.05, 4.69) is 39.0 Å². The highest BCUT2D eigenvalue weighted by atomic mass is 35.5. The summed E-state index contributed by atoms with van der Waals surface area (Å²) < 4.78 is 0. The van der Waals surface area contributed by atoms with E-state index in [9.17, 15) is 0 Å². The van der Waals surface area contributed by atoms with Crippen molar-refractivity contribution in [1.29, 1.82) is 0 Å². The Morgan fingerprint density at radius 2 is 1.88 bits per heavy atom. The molecule has 0 aliphatic carbocycles. The molecule has 0 unspecified atom stereocenters. The molecule has 0 fully saturated rings. The van der Waals surface area contributed by atoms with E-state index in [0.717, 1.165) is 5.02 Å². The number of rotatable bonds is 2. The molecule has 2 heteroatoms. The molecule has 0 atom stereocenters. The van der Waals surface area contributed by atoms with Crippen LogP contribution in [-0.2, 0) is 0 Å². The molecule has 84 valence electrons. The van der Waals surface area contributed by atoms with E-state index in [4.69, 9.17) is 11.6 Å². The van der Waals surface area contributed by atoms with Crippen LogP contribution in [0.3, 0.4) is 0 Å². The Labute approximate surface area is 106 Å². The number of thiophene rings is 1. The van der Waals surface area contributed by atoms with Gasteiger partial charge in [-0.1, -0.05) is 37.6 Å². The zero-order chi connectivity index (χ0) is 11.7. The van der Waals surface area contributed by atoms with Gasteiger partial charge in [-0.3, -0.25) is 0 Å². The highest BCUT2D eigenvalue weighted by Crippen LogP contribution is 2.35. The van der Waals surface area contributed by atoms with E-state index < -0.39 is 0 Å². The average Bonchev–Trinajstić information content (AvgIpc) is 2.71. The van der Waals surface area contributed by atoms with E-state index >= 15 is 0 Å². The second kappa shape index (κ2) is 4.60. The molecule has 0 bridgehead atoms. The zero-order valence-electron chi connectivity index (χ0n) is 9.75. The van der Waals surface area contributed by atoms with Gasteiger partial charge in [-0.2, -0.15) is 0 Å². The summed E-state index contributed by atoms with van der Waals surface area (Å²) in [6.45, 7) is 6.52. The van der Waals surface area contributed by atoms with Crippen molar-refractivity contribution in [2.75, 3.05) is 0 Å². The zero-order valence-corrected chi connectivity index (χ0v) is 11.3.